The summed E-state index contributed by atoms with van der Waals surface area (Å²) in [6.45, 7) is 9.01. The van der Waals surface area contributed by atoms with Crippen molar-refractivity contribution in [2.24, 2.45) is 0 Å². The second-order valence-corrected chi connectivity index (χ2v) is 4.49. The fourth-order valence-electron chi connectivity index (χ4n) is 2.10. The van der Waals surface area contributed by atoms with Gasteiger partial charge in [-0.3, -0.25) is 9.69 Å². The van der Waals surface area contributed by atoms with E-state index in [2.05, 4.69) is 39.0 Å². The van der Waals surface area contributed by atoms with E-state index in [1.807, 2.05) is 11.8 Å². The van der Waals surface area contributed by atoms with E-state index in [1.54, 1.807) is 0 Å². The van der Waals surface area contributed by atoms with Crippen molar-refractivity contribution in [2.75, 3.05) is 13.1 Å². The van der Waals surface area contributed by atoms with Crippen LogP contribution in [0.1, 0.15) is 36.6 Å². The Labute approximate surface area is 103 Å². The molecule has 0 aliphatic rings. The largest absolute Gasteiger partial charge is 0.480 e. The first-order chi connectivity index (χ1) is 7.95. The van der Waals surface area contributed by atoms with Crippen molar-refractivity contribution in [2.45, 2.75) is 33.7 Å². The summed E-state index contributed by atoms with van der Waals surface area (Å²) in [5.74, 6) is -0.774. The van der Waals surface area contributed by atoms with Gasteiger partial charge >= 0.3 is 5.97 Å². The molecule has 0 aliphatic heterocycles. The fourth-order valence-corrected chi connectivity index (χ4v) is 2.10. The summed E-state index contributed by atoms with van der Waals surface area (Å²) in [4.78, 5) is 12.8. The molecule has 1 rings (SSSR count). The lowest BCUT2D eigenvalue weighted by molar-refractivity contribution is -0.138. The molecule has 3 nitrogen and oxygen atoms in total. The van der Waals surface area contributed by atoms with Crippen LogP contribution in [0.25, 0.3) is 0 Å². The number of likely N-dealkylation sites (N-methyl/N-ethyl adjacent to an activating group) is 1. The molecule has 0 fully saturated rings. The number of carbonyl (C=O) groups is 1. The van der Waals surface area contributed by atoms with E-state index in [9.17, 15) is 4.79 Å². The van der Waals surface area contributed by atoms with E-state index in [0.717, 1.165) is 6.54 Å². The maximum atomic E-state index is 10.8. The predicted octanol–water partition coefficient (Wildman–Crippen LogP) is 2.77. The van der Waals surface area contributed by atoms with Crippen molar-refractivity contribution in [1.29, 1.82) is 0 Å². The van der Waals surface area contributed by atoms with Crippen molar-refractivity contribution in [3.8, 4) is 0 Å². The minimum Gasteiger partial charge on any atom is -0.480 e. The van der Waals surface area contributed by atoms with E-state index in [0.29, 0.717) is 0 Å². The van der Waals surface area contributed by atoms with Crippen LogP contribution in [-0.2, 0) is 4.79 Å². The molecule has 0 heterocycles. The average molecular weight is 235 g/mol. The average Bonchev–Trinajstić information content (AvgIpc) is 2.28. The SMILES string of the molecule is CCN(CC(=O)O)C(C)c1cc(C)ccc1C. The molecule has 0 saturated heterocycles. The highest BCUT2D eigenvalue weighted by atomic mass is 16.4. The molecule has 1 unspecified atom stereocenters. The lowest BCUT2D eigenvalue weighted by Crippen LogP contribution is -2.32. The van der Waals surface area contributed by atoms with Crippen molar-refractivity contribution in [3.63, 3.8) is 0 Å². The Hall–Kier alpha value is -1.35. The summed E-state index contributed by atoms with van der Waals surface area (Å²) < 4.78 is 0. The van der Waals surface area contributed by atoms with Gasteiger partial charge in [0.05, 0.1) is 6.54 Å². The van der Waals surface area contributed by atoms with Gasteiger partial charge in [-0.05, 0) is 38.4 Å². The molecule has 0 aliphatic carbocycles. The molecule has 3 heteroatoms. The van der Waals surface area contributed by atoms with Crippen molar-refractivity contribution >= 4 is 5.97 Å². The summed E-state index contributed by atoms with van der Waals surface area (Å²) in [6, 6.07) is 6.45. The molecule has 0 radical (unpaired) electrons. The van der Waals surface area contributed by atoms with Crippen LogP contribution in [0.15, 0.2) is 18.2 Å². The Balaban J connectivity index is 2.96. The Morgan fingerprint density at radius 1 is 1.41 bits per heavy atom. The first-order valence-electron chi connectivity index (χ1n) is 5.98. The summed E-state index contributed by atoms with van der Waals surface area (Å²) in [6.07, 6.45) is 0. The standard InChI is InChI=1S/C14H21NO2/c1-5-15(9-14(16)17)12(4)13-8-10(2)6-7-11(13)3/h6-8,12H,5,9H2,1-4H3,(H,16,17). The van der Waals surface area contributed by atoms with Gasteiger partial charge in [0, 0.05) is 6.04 Å². The third kappa shape index (κ3) is 3.56. The smallest absolute Gasteiger partial charge is 0.317 e. The second-order valence-electron chi connectivity index (χ2n) is 4.49. The summed E-state index contributed by atoms with van der Waals surface area (Å²) >= 11 is 0. The molecule has 0 amide bonds. The zero-order valence-corrected chi connectivity index (χ0v) is 11.0. The first kappa shape index (κ1) is 13.7. The van der Waals surface area contributed by atoms with Gasteiger partial charge in [0.25, 0.3) is 0 Å². The third-order valence-corrected chi connectivity index (χ3v) is 3.18. The summed E-state index contributed by atoms with van der Waals surface area (Å²) in [7, 11) is 0. The lowest BCUT2D eigenvalue weighted by Gasteiger charge is -2.27. The number of hydrogen-bond donors (Lipinski definition) is 1. The van der Waals surface area contributed by atoms with Crippen molar-refractivity contribution < 1.29 is 9.90 Å². The van der Waals surface area contributed by atoms with Crippen LogP contribution in [0, 0.1) is 13.8 Å². The highest BCUT2D eigenvalue weighted by molar-refractivity contribution is 5.69. The lowest BCUT2D eigenvalue weighted by atomic mass is 9.99. The number of carboxylic acid groups (broad SMARTS) is 1. The number of nitrogens with zero attached hydrogens (tertiary/aromatic N) is 1. The fraction of sp³-hybridized carbons (Fsp3) is 0.500. The van der Waals surface area contributed by atoms with Gasteiger partial charge < -0.3 is 5.11 Å². The Morgan fingerprint density at radius 2 is 2.06 bits per heavy atom. The van der Waals surface area contributed by atoms with Crippen molar-refractivity contribution in [1.82, 2.24) is 4.90 Å². The second kappa shape index (κ2) is 5.82. The molecular formula is C14H21NO2. The molecular weight excluding hydrogens is 214 g/mol. The molecule has 17 heavy (non-hydrogen) atoms. The normalized spacial score (nSPS) is 12.8. The van der Waals surface area contributed by atoms with Crippen molar-refractivity contribution in [3.05, 3.63) is 34.9 Å². The van der Waals surface area contributed by atoms with Gasteiger partial charge in [-0.15, -0.1) is 0 Å². The molecule has 94 valence electrons. The van der Waals surface area contributed by atoms with E-state index in [4.69, 9.17) is 5.11 Å². The van der Waals surface area contributed by atoms with Crippen LogP contribution in [0.3, 0.4) is 0 Å². The Kier molecular flexibility index (Phi) is 4.70. The maximum Gasteiger partial charge on any atom is 0.317 e. The highest BCUT2D eigenvalue weighted by Gasteiger charge is 2.18. The number of aryl methyl sites for hydroxylation is 2. The van der Waals surface area contributed by atoms with Crippen LogP contribution < -0.4 is 0 Å². The monoisotopic (exact) mass is 235 g/mol. The van der Waals surface area contributed by atoms with E-state index in [-0.39, 0.29) is 12.6 Å². The van der Waals surface area contributed by atoms with Crippen LogP contribution in [0.4, 0.5) is 0 Å². The predicted molar refractivity (Wildman–Crippen MR) is 69.2 cm³/mol. The Bertz CT molecular complexity index is 401. The third-order valence-electron chi connectivity index (χ3n) is 3.18. The van der Waals surface area contributed by atoms with E-state index < -0.39 is 5.97 Å². The molecule has 1 aromatic rings. The minimum absolute atomic E-state index is 0.0883. The van der Waals surface area contributed by atoms with Gasteiger partial charge in [-0.25, -0.2) is 0 Å². The van der Waals surface area contributed by atoms with E-state index in [1.165, 1.54) is 16.7 Å². The van der Waals surface area contributed by atoms with Crippen LogP contribution in [0.5, 0.6) is 0 Å². The highest BCUT2D eigenvalue weighted by Crippen LogP contribution is 2.24. The maximum absolute atomic E-state index is 10.8. The van der Waals surface area contributed by atoms with Gasteiger partial charge in [0.2, 0.25) is 0 Å². The quantitative estimate of drug-likeness (QED) is 0.853. The van der Waals surface area contributed by atoms with Crippen LogP contribution >= 0.6 is 0 Å². The zero-order chi connectivity index (χ0) is 13.0. The van der Waals surface area contributed by atoms with Gasteiger partial charge in [-0.1, -0.05) is 30.7 Å². The molecule has 1 N–H and O–H groups in total. The topological polar surface area (TPSA) is 40.5 Å². The first-order valence-corrected chi connectivity index (χ1v) is 5.98. The summed E-state index contributed by atoms with van der Waals surface area (Å²) in [5.41, 5.74) is 3.64. The molecule has 1 atom stereocenters. The van der Waals surface area contributed by atoms with Crippen LogP contribution in [0.2, 0.25) is 0 Å². The van der Waals surface area contributed by atoms with Gasteiger partial charge in [0.1, 0.15) is 0 Å². The number of carboxylic acids is 1. The van der Waals surface area contributed by atoms with Gasteiger partial charge in [-0.2, -0.15) is 0 Å². The minimum atomic E-state index is -0.774. The molecule has 0 bridgehead atoms. The van der Waals surface area contributed by atoms with Crippen LogP contribution in [-0.4, -0.2) is 29.1 Å². The number of rotatable bonds is 5. The number of aliphatic carboxylic acids is 1. The molecule has 1 aromatic carbocycles. The number of hydrogen-bond acceptors (Lipinski definition) is 2. The molecule has 0 aromatic heterocycles. The van der Waals surface area contributed by atoms with Gasteiger partial charge in [0.15, 0.2) is 0 Å². The van der Waals surface area contributed by atoms with E-state index >= 15 is 0 Å². The number of benzene rings is 1. The Morgan fingerprint density at radius 3 is 2.59 bits per heavy atom. The molecule has 0 spiro atoms. The molecule has 0 saturated carbocycles. The zero-order valence-electron chi connectivity index (χ0n) is 11.0. The summed E-state index contributed by atoms with van der Waals surface area (Å²) in [5, 5.41) is 8.89.